The largest absolute Gasteiger partial charge is 0.375 e. The Balaban J connectivity index is 1.99. The zero-order valence-electron chi connectivity index (χ0n) is 8.50. The molecule has 0 radical (unpaired) electrons. The molecule has 15 heavy (non-hydrogen) atoms. The molecule has 1 N–H and O–H groups in total. The van der Waals surface area contributed by atoms with Crippen LogP contribution in [0, 0.1) is 0 Å². The maximum atomic E-state index is 5.79. The second-order valence-corrected chi connectivity index (χ2v) is 5.14. The van der Waals surface area contributed by atoms with Crippen molar-refractivity contribution in [3.63, 3.8) is 0 Å². The number of aryl methyl sites for hydroxylation is 1. The fourth-order valence-corrected chi connectivity index (χ4v) is 3.01. The topological polar surface area (TPSA) is 21.3 Å². The predicted molar refractivity (Wildman–Crippen MR) is 62.9 cm³/mol. The monoisotopic (exact) mass is 267 g/mol. The Labute approximate surface area is 98.1 Å². The molecule has 1 heterocycles. The van der Waals surface area contributed by atoms with E-state index in [0.717, 1.165) is 26.0 Å². The number of benzene rings is 1. The van der Waals surface area contributed by atoms with Gasteiger partial charge >= 0.3 is 0 Å². The molecule has 1 saturated heterocycles. The summed E-state index contributed by atoms with van der Waals surface area (Å²) in [6.07, 6.45) is 2.66. The third kappa shape index (κ3) is 1.73. The molecule has 1 aromatic rings. The summed E-state index contributed by atoms with van der Waals surface area (Å²) in [7, 11) is 0. The zero-order chi connectivity index (χ0) is 10.3. The Hall–Kier alpha value is -0.380. The molecule has 2 unspecified atom stereocenters. The van der Waals surface area contributed by atoms with E-state index in [4.69, 9.17) is 4.74 Å². The van der Waals surface area contributed by atoms with E-state index < -0.39 is 0 Å². The van der Waals surface area contributed by atoms with Crippen molar-refractivity contribution in [3.8, 4) is 0 Å². The lowest BCUT2D eigenvalue weighted by Crippen LogP contribution is -2.44. The third-order valence-electron chi connectivity index (χ3n) is 3.31. The van der Waals surface area contributed by atoms with Crippen molar-refractivity contribution in [3.05, 3.63) is 33.8 Å². The van der Waals surface area contributed by atoms with Crippen LogP contribution in [0.5, 0.6) is 0 Å². The van der Waals surface area contributed by atoms with Gasteiger partial charge in [-0.3, -0.25) is 0 Å². The van der Waals surface area contributed by atoms with Gasteiger partial charge in [-0.25, -0.2) is 0 Å². The molecule has 3 rings (SSSR count). The summed E-state index contributed by atoms with van der Waals surface area (Å²) in [6, 6.07) is 6.99. The maximum Gasteiger partial charge on any atom is 0.0773 e. The number of hydrogen-bond donors (Lipinski definition) is 1. The lowest BCUT2D eigenvalue weighted by atomic mass is 9.85. The van der Waals surface area contributed by atoms with Crippen molar-refractivity contribution in [1.82, 2.24) is 5.32 Å². The van der Waals surface area contributed by atoms with Gasteiger partial charge in [-0.15, -0.1) is 0 Å². The Morgan fingerprint density at radius 2 is 2.33 bits per heavy atom. The molecule has 0 spiro atoms. The average molecular weight is 268 g/mol. The molecule has 0 aromatic heterocycles. The van der Waals surface area contributed by atoms with Crippen molar-refractivity contribution in [2.75, 3.05) is 13.2 Å². The van der Waals surface area contributed by atoms with E-state index in [1.165, 1.54) is 15.6 Å². The number of ether oxygens (including phenoxy) is 1. The van der Waals surface area contributed by atoms with Gasteiger partial charge in [0.15, 0.2) is 0 Å². The van der Waals surface area contributed by atoms with Crippen molar-refractivity contribution in [1.29, 1.82) is 0 Å². The minimum atomic E-state index is 0.382. The third-order valence-corrected chi connectivity index (χ3v) is 3.80. The molecule has 0 saturated carbocycles. The number of halogens is 1. The summed E-state index contributed by atoms with van der Waals surface area (Å²) in [5, 5.41) is 3.56. The molecule has 2 atom stereocenters. The molecule has 2 aliphatic rings. The number of hydrogen-bond acceptors (Lipinski definition) is 2. The molecule has 0 bridgehead atoms. The Morgan fingerprint density at radius 3 is 3.27 bits per heavy atom. The van der Waals surface area contributed by atoms with Crippen molar-refractivity contribution < 1.29 is 4.74 Å². The molecule has 2 nitrogen and oxygen atoms in total. The smallest absolute Gasteiger partial charge is 0.0773 e. The van der Waals surface area contributed by atoms with Crippen molar-refractivity contribution >= 4 is 15.9 Å². The minimum absolute atomic E-state index is 0.382. The SMILES string of the molecule is Brc1ccc2c(c1)CCC1OCCNC21. The van der Waals surface area contributed by atoms with Crippen LogP contribution < -0.4 is 5.32 Å². The van der Waals surface area contributed by atoms with Crippen LogP contribution in [0.25, 0.3) is 0 Å². The second-order valence-electron chi connectivity index (χ2n) is 4.22. The minimum Gasteiger partial charge on any atom is -0.375 e. The highest BCUT2D eigenvalue weighted by Crippen LogP contribution is 2.34. The first kappa shape index (κ1) is 9.82. The molecule has 0 amide bonds. The lowest BCUT2D eigenvalue weighted by molar-refractivity contribution is -0.0138. The summed E-state index contributed by atoms with van der Waals surface area (Å²) in [6.45, 7) is 1.82. The van der Waals surface area contributed by atoms with Gasteiger partial charge in [0, 0.05) is 11.0 Å². The first-order valence-corrected chi connectivity index (χ1v) is 6.27. The van der Waals surface area contributed by atoms with Gasteiger partial charge in [-0.05, 0) is 36.1 Å². The summed E-state index contributed by atoms with van der Waals surface area (Å²) in [4.78, 5) is 0. The molecular weight excluding hydrogens is 254 g/mol. The van der Waals surface area contributed by atoms with E-state index in [9.17, 15) is 0 Å². The Morgan fingerprint density at radius 1 is 1.40 bits per heavy atom. The van der Waals surface area contributed by atoms with Crippen LogP contribution >= 0.6 is 15.9 Å². The summed E-state index contributed by atoms with van der Waals surface area (Å²) in [5.41, 5.74) is 2.89. The highest BCUT2D eigenvalue weighted by atomic mass is 79.9. The fraction of sp³-hybridized carbons (Fsp3) is 0.500. The molecule has 3 heteroatoms. The van der Waals surface area contributed by atoms with Crippen LogP contribution in [-0.4, -0.2) is 19.3 Å². The molecule has 1 aliphatic heterocycles. The van der Waals surface area contributed by atoms with E-state index in [1.807, 2.05) is 0 Å². The quantitative estimate of drug-likeness (QED) is 0.780. The van der Waals surface area contributed by atoms with Crippen LogP contribution in [0.2, 0.25) is 0 Å². The molecule has 1 aromatic carbocycles. The lowest BCUT2D eigenvalue weighted by Gasteiger charge is -2.37. The number of rotatable bonds is 0. The predicted octanol–water partition coefficient (Wildman–Crippen LogP) is 2.42. The van der Waals surface area contributed by atoms with Gasteiger partial charge in [-0.1, -0.05) is 22.0 Å². The number of nitrogens with one attached hydrogen (secondary N) is 1. The van der Waals surface area contributed by atoms with Gasteiger partial charge in [0.25, 0.3) is 0 Å². The van der Waals surface area contributed by atoms with Crippen LogP contribution in [0.4, 0.5) is 0 Å². The molecule has 1 aliphatic carbocycles. The van der Waals surface area contributed by atoms with Crippen LogP contribution in [0.15, 0.2) is 22.7 Å². The van der Waals surface area contributed by atoms with Crippen LogP contribution in [0.1, 0.15) is 23.6 Å². The van der Waals surface area contributed by atoms with E-state index in [-0.39, 0.29) is 0 Å². The van der Waals surface area contributed by atoms with Crippen LogP contribution in [-0.2, 0) is 11.2 Å². The summed E-state index contributed by atoms with van der Waals surface area (Å²) in [5.74, 6) is 0. The maximum absolute atomic E-state index is 5.79. The Bertz CT molecular complexity index is 380. The van der Waals surface area contributed by atoms with Gasteiger partial charge in [-0.2, -0.15) is 0 Å². The zero-order valence-corrected chi connectivity index (χ0v) is 10.1. The number of morpholine rings is 1. The highest BCUT2D eigenvalue weighted by molar-refractivity contribution is 9.10. The first-order valence-electron chi connectivity index (χ1n) is 5.48. The fourth-order valence-electron chi connectivity index (χ4n) is 2.60. The normalized spacial score (nSPS) is 29.4. The Kier molecular flexibility index (Phi) is 2.54. The molecule has 80 valence electrons. The second kappa shape index (κ2) is 3.89. The van der Waals surface area contributed by atoms with Gasteiger partial charge < -0.3 is 10.1 Å². The van der Waals surface area contributed by atoms with E-state index in [0.29, 0.717) is 12.1 Å². The van der Waals surface area contributed by atoms with Gasteiger partial charge in [0.05, 0.1) is 18.8 Å². The first-order chi connectivity index (χ1) is 7.34. The molecule has 1 fully saturated rings. The van der Waals surface area contributed by atoms with E-state index >= 15 is 0 Å². The highest BCUT2D eigenvalue weighted by Gasteiger charge is 2.32. The van der Waals surface area contributed by atoms with Gasteiger partial charge in [0.1, 0.15) is 0 Å². The summed E-state index contributed by atoms with van der Waals surface area (Å²) >= 11 is 3.53. The van der Waals surface area contributed by atoms with Crippen molar-refractivity contribution in [2.24, 2.45) is 0 Å². The van der Waals surface area contributed by atoms with E-state index in [1.54, 1.807) is 0 Å². The molecular formula is C12H14BrNO. The summed E-state index contributed by atoms with van der Waals surface area (Å²) < 4.78 is 6.97. The van der Waals surface area contributed by atoms with Crippen molar-refractivity contribution in [2.45, 2.75) is 25.0 Å². The van der Waals surface area contributed by atoms with Crippen LogP contribution in [0.3, 0.4) is 0 Å². The van der Waals surface area contributed by atoms with Gasteiger partial charge in [0.2, 0.25) is 0 Å². The number of fused-ring (bicyclic) bond motifs is 3. The standard InChI is InChI=1S/C12H14BrNO/c13-9-2-3-10-8(7-9)1-4-11-12(10)14-5-6-15-11/h2-3,7,11-12,14H,1,4-6H2. The average Bonchev–Trinajstić information content (AvgIpc) is 2.28. The van der Waals surface area contributed by atoms with E-state index in [2.05, 4.69) is 39.4 Å².